The standard InChI is InChI=1S/C12H18O2/c1-5-14-12(13)9-8-11(4)7-6-10(2)3/h6-7H,2,4-5,8-9H2,1,3H3/b7-6-. The lowest BCUT2D eigenvalue weighted by atomic mass is 10.1. The molecule has 0 saturated carbocycles. The second-order valence-electron chi connectivity index (χ2n) is 3.14. The Balaban J connectivity index is 3.74. The summed E-state index contributed by atoms with van der Waals surface area (Å²) in [6.45, 7) is 11.7. The molecule has 2 nitrogen and oxygen atoms in total. The van der Waals surface area contributed by atoms with E-state index in [1.54, 1.807) is 6.92 Å². The third kappa shape index (κ3) is 7.35. The first-order valence-corrected chi connectivity index (χ1v) is 4.73. The van der Waals surface area contributed by atoms with E-state index in [1.807, 2.05) is 19.1 Å². The van der Waals surface area contributed by atoms with E-state index in [1.165, 1.54) is 0 Å². The molecule has 0 atom stereocenters. The molecular formula is C12H18O2. The van der Waals surface area contributed by atoms with Crippen molar-refractivity contribution >= 4 is 5.97 Å². The molecule has 0 fully saturated rings. The van der Waals surface area contributed by atoms with Gasteiger partial charge >= 0.3 is 5.97 Å². The van der Waals surface area contributed by atoms with E-state index in [0.717, 1.165) is 11.1 Å². The summed E-state index contributed by atoms with van der Waals surface area (Å²) in [4.78, 5) is 11.0. The monoisotopic (exact) mass is 194 g/mol. The predicted octanol–water partition coefficient (Wildman–Crippen LogP) is 3.02. The molecule has 0 heterocycles. The van der Waals surface area contributed by atoms with Crippen LogP contribution in [0.2, 0.25) is 0 Å². The smallest absolute Gasteiger partial charge is 0.306 e. The number of carbonyl (C=O) groups excluding carboxylic acids is 1. The number of allylic oxidation sites excluding steroid dienone is 4. The first-order chi connectivity index (χ1) is 6.56. The first-order valence-electron chi connectivity index (χ1n) is 4.73. The predicted molar refractivity (Wildman–Crippen MR) is 59.0 cm³/mol. The SMILES string of the molecule is C=C(C)/C=C\C(=C)CCC(=O)OCC. The van der Waals surface area contributed by atoms with Gasteiger partial charge < -0.3 is 4.74 Å². The highest BCUT2D eigenvalue weighted by molar-refractivity contribution is 5.69. The molecule has 14 heavy (non-hydrogen) atoms. The van der Waals surface area contributed by atoms with Crippen molar-refractivity contribution in [3.8, 4) is 0 Å². The largest absolute Gasteiger partial charge is 0.466 e. The van der Waals surface area contributed by atoms with Crippen molar-refractivity contribution in [3.05, 3.63) is 36.5 Å². The minimum absolute atomic E-state index is 0.169. The Hall–Kier alpha value is -1.31. The minimum atomic E-state index is -0.169. The van der Waals surface area contributed by atoms with Gasteiger partial charge in [-0.3, -0.25) is 4.79 Å². The van der Waals surface area contributed by atoms with Gasteiger partial charge in [0.2, 0.25) is 0 Å². The molecule has 0 aliphatic heterocycles. The lowest BCUT2D eigenvalue weighted by Crippen LogP contribution is -2.03. The van der Waals surface area contributed by atoms with Crippen LogP contribution in [-0.2, 0) is 9.53 Å². The number of hydrogen-bond acceptors (Lipinski definition) is 2. The fourth-order valence-corrected chi connectivity index (χ4v) is 0.839. The summed E-state index contributed by atoms with van der Waals surface area (Å²) in [6.07, 6.45) is 4.80. The van der Waals surface area contributed by atoms with Crippen molar-refractivity contribution in [2.24, 2.45) is 0 Å². The first kappa shape index (κ1) is 12.7. The Morgan fingerprint density at radius 1 is 1.29 bits per heavy atom. The number of ether oxygens (including phenoxy) is 1. The molecule has 0 amide bonds. The number of rotatable bonds is 6. The molecule has 0 bridgehead atoms. The molecule has 0 saturated heterocycles. The van der Waals surface area contributed by atoms with Crippen LogP contribution < -0.4 is 0 Å². The topological polar surface area (TPSA) is 26.3 Å². The number of hydrogen-bond donors (Lipinski definition) is 0. The minimum Gasteiger partial charge on any atom is -0.466 e. The second-order valence-corrected chi connectivity index (χ2v) is 3.14. The lowest BCUT2D eigenvalue weighted by molar-refractivity contribution is -0.143. The molecule has 2 heteroatoms. The highest BCUT2D eigenvalue weighted by atomic mass is 16.5. The molecular weight excluding hydrogens is 176 g/mol. The maximum atomic E-state index is 11.0. The molecule has 0 aromatic rings. The van der Waals surface area contributed by atoms with Crippen LogP contribution in [0.15, 0.2) is 36.5 Å². The molecule has 0 aliphatic carbocycles. The Labute approximate surface area is 86.0 Å². The molecule has 0 unspecified atom stereocenters. The van der Waals surface area contributed by atoms with Gasteiger partial charge in [0.25, 0.3) is 0 Å². The van der Waals surface area contributed by atoms with Crippen molar-refractivity contribution in [1.82, 2.24) is 0 Å². The van der Waals surface area contributed by atoms with Crippen LogP contribution >= 0.6 is 0 Å². The second kappa shape index (κ2) is 7.13. The fraction of sp³-hybridized carbons (Fsp3) is 0.417. The van der Waals surface area contributed by atoms with Crippen LogP contribution in [0.4, 0.5) is 0 Å². The van der Waals surface area contributed by atoms with E-state index in [-0.39, 0.29) is 5.97 Å². The Morgan fingerprint density at radius 2 is 1.93 bits per heavy atom. The maximum absolute atomic E-state index is 11.0. The Kier molecular flexibility index (Phi) is 6.46. The van der Waals surface area contributed by atoms with Crippen molar-refractivity contribution in [3.63, 3.8) is 0 Å². The number of carbonyl (C=O) groups is 1. The van der Waals surface area contributed by atoms with Gasteiger partial charge in [0, 0.05) is 6.42 Å². The Bertz CT molecular complexity index is 249. The van der Waals surface area contributed by atoms with Gasteiger partial charge in [-0.15, -0.1) is 0 Å². The summed E-state index contributed by atoms with van der Waals surface area (Å²) < 4.78 is 4.80. The van der Waals surface area contributed by atoms with Gasteiger partial charge in [0.15, 0.2) is 0 Å². The van der Waals surface area contributed by atoms with Gasteiger partial charge in [0.1, 0.15) is 0 Å². The highest BCUT2D eigenvalue weighted by Crippen LogP contribution is 2.06. The highest BCUT2D eigenvalue weighted by Gasteiger charge is 2.00. The van der Waals surface area contributed by atoms with Gasteiger partial charge in [-0.2, -0.15) is 0 Å². The zero-order valence-electron chi connectivity index (χ0n) is 9.01. The van der Waals surface area contributed by atoms with E-state index >= 15 is 0 Å². The van der Waals surface area contributed by atoms with E-state index in [2.05, 4.69) is 13.2 Å². The average Bonchev–Trinajstić information content (AvgIpc) is 2.12. The zero-order chi connectivity index (χ0) is 11.0. The van der Waals surface area contributed by atoms with E-state index in [9.17, 15) is 4.79 Å². The van der Waals surface area contributed by atoms with Crippen LogP contribution in [-0.4, -0.2) is 12.6 Å². The average molecular weight is 194 g/mol. The van der Waals surface area contributed by atoms with E-state index in [4.69, 9.17) is 4.74 Å². The third-order valence-corrected chi connectivity index (χ3v) is 1.56. The van der Waals surface area contributed by atoms with Gasteiger partial charge in [-0.1, -0.05) is 36.5 Å². The third-order valence-electron chi connectivity index (χ3n) is 1.56. The van der Waals surface area contributed by atoms with Crippen LogP contribution in [0.5, 0.6) is 0 Å². The van der Waals surface area contributed by atoms with Crippen LogP contribution in [0.25, 0.3) is 0 Å². The summed E-state index contributed by atoms with van der Waals surface area (Å²) >= 11 is 0. The Morgan fingerprint density at radius 3 is 2.43 bits per heavy atom. The molecule has 0 radical (unpaired) electrons. The van der Waals surface area contributed by atoms with Crippen LogP contribution in [0, 0.1) is 0 Å². The summed E-state index contributed by atoms with van der Waals surface area (Å²) in [6, 6.07) is 0. The van der Waals surface area contributed by atoms with Crippen LogP contribution in [0.3, 0.4) is 0 Å². The van der Waals surface area contributed by atoms with Gasteiger partial charge in [-0.25, -0.2) is 0 Å². The van der Waals surface area contributed by atoms with Crippen molar-refractivity contribution < 1.29 is 9.53 Å². The normalized spacial score (nSPS) is 10.1. The molecule has 0 spiro atoms. The summed E-state index contributed by atoms with van der Waals surface area (Å²) in [5, 5.41) is 0. The molecule has 0 N–H and O–H groups in total. The summed E-state index contributed by atoms with van der Waals surface area (Å²) in [5.41, 5.74) is 1.89. The summed E-state index contributed by atoms with van der Waals surface area (Å²) in [7, 11) is 0. The molecule has 0 aromatic carbocycles. The summed E-state index contributed by atoms with van der Waals surface area (Å²) in [5.74, 6) is -0.169. The van der Waals surface area contributed by atoms with E-state index in [0.29, 0.717) is 19.4 Å². The van der Waals surface area contributed by atoms with Gasteiger partial charge in [-0.05, 0) is 20.3 Å². The molecule has 0 rings (SSSR count). The molecule has 0 aromatic heterocycles. The van der Waals surface area contributed by atoms with Crippen molar-refractivity contribution in [2.75, 3.05) is 6.61 Å². The van der Waals surface area contributed by atoms with Crippen molar-refractivity contribution in [2.45, 2.75) is 26.7 Å². The fourth-order valence-electron chi connectivity index (χ4n) is 0.839. The quantitative estimate of drug-likeness (QED) is 0.480. The number of esters is 1. The molecule has 0 aliphatic rings. The lowest BCUT2D eigenvalue weighted by Gasteiger charge is -2.01. The molecule has 78 valence electrons. The zero-order valence-corrected chi connectivity index (χ0v) is 9.01. The van der Waals surface area contributed by atoms with Crippen molar-refractivity contribution in [1.29, 1.82) is 0 Å². The van der Waals surface area contributed by atoms with Gasteiger partial charge in [0.05, 0.1) is 6.61 Å². The van der Waals surface area contributed by atoms with E-state index < -0.39 is 0 Å². The maximum Gasteiger partial charge on any atom is 0.306 e. The van der Waals surface area contributed by atoms with Crippen LogP contribution in [0.1, 0.15) is 26.7 Å².